The van der Waals surface area contributed by atoms with E-state index in [2.05, 4.69) is 4.65 Å². The Morgan fingerprint density at radius 2 is 2.17 bits per heavy atom. The minimum Gasteiger partial charge on any atom is -0.503 e. The minimum absolute atomic E-state index is 0.0271. The Morgan fingerprint density at radius 3 is 2.83 bits per heavy atom. The van der Waals surface area contributed by atoms with Gasteiger partial charge >= 0.3 is 13.2 Å². The van der Waals surface area contributed by atoms with E-state index in [0.717, 1.165) is 13.0 Å². The first-order valence-corrected chi connectivity index (χ1v) is 6.86. The lowest BCUT2D eigenvalue weighted by Crippen LogP contribution is -2.28. The maximum absolute atomic E-state index is 13.9. The molecule has 1 atom stereocenters. The van der Waals surface area contributed by atoms with Crippen LogP contribution in [0.15, 0.2) is 17.1 Å². The van der Waals surface area contributed by atoms with Gasteiger partial charge in [-0.2, -0.15) is 4.39 Å². The summed E-state index contributed by atoms with van der Waals surface area (Å²) in [5.74, 6) is -4.02. The molecule has 120 valence electrons. The van der Waals surface area contributed by atoms with Crippen molar-refractivity contribution in [3.8, 4) is 5.75 Å². The molecule has 1 unspecified atom stereocenters. The number of halogens is 3. The molecule has 1 aliphatic heterocycles. The SMILES string of the molecule is CB(F)OC(=O)c1cn2c3c(c(F)c(F)cc3c1=O)OCC2C. The molecule has 0 radical (unpaired) electrons. The summed E-state index contributed by atoms with van der Waals surface area (Å²) >= 11 is 0. The lowest BCUT2D eigenvalue weighted by atomic mass is 10.0. The van der Waals surface area contributed by atoms with E-state index in [0.29, 0.717) is 6.07 Å². The van der Waals surface area contributed by atoms with Gasteiger partial charge in [0, 0.05) is 6.20 Å². The fourth-order valence-electron chi connectivity index (χ4n) is 2.55. The quantitative estimate of drug-likeness (QED) is 0.796. The number of carbonyl (C=O) groups excluding carboxylic acids is 1. The van der Waals surface area contributed by atoms with Crippen LogP contribution in [0.4, 0.5) is 13.1 Å². The van der Waals surface area contributed by atoms with Gasteiger partial charge < -0.3 is 14.0 Å². The lowest BCUT2D eigenvalue weighted by Gasteiger charge is -2.27. The number of aromatic nitrogens is 1. The van der Waals surface area contributed by atoms with Crippen LogP contribution < -0.4 is 10.2 Å². The van der Waals surface area contributed by atoms with Gasteiger partial charge in [-0.3, -0.25) is 9.11 Å². The lowest BCUT2D eigenvalue weighted by molar-refractivity contribution is 0.0716. The molecule has 1 aromatic carbocycles. The molecule has 5 nitrogen and oxygen atoms in total. The summed E-state index contributed by atoms with van der Waals surface area (Å²) in [5, 5.41) is -0.230. The highest BCUT2D eigenvalue weighted by atomic mass is 19.2. The number of carbonyl (C=O) groups is 1. The van der Waals surface area contributed by atoms with Gasteiger partial charge in [0.2, 0.25) is 11.2 Å². The second-order valence-electron chi connectivity index (χ2n) is 5.29. The van der Waals surface area contributed by atoms with Crippen LogP contribution in [0.3, 0.4) is 0 Å². The van der Waals surface area contributed by atoms with Crippen molar-refractivity contribution < 1.29 is 27.3 Å². The van der Waals surface area contributed by atoms with Gasteiger partial charge in [0.1, 0.15) is 12.2 Å². The fourth-order valence-corrected chi connectivity index (χ4v) is 2.55. The van der Waals surface area contributed by atoms with Crippen LogP contribution in [-0.4, -0.2) is 24.3 Å². The smallest absolute Gasteiger partial charge is 0.503 e. The highest BCUT2D eigenvalue weighted by molar-refractivity contribution is 6.44. The first-order chi connectivity index (χ1) is 10.8. The second-order valence-corrected chi connectivity index (χ2v) is 5.29. The van der Waals surface area contributed by atoms with Crippen LogP contribution in [0.25, 0.3) is 10.9 Å². The molecule has 0 fully saturated rings. The number of nitrogens with zero attached hydrogens (tertiary/aromatic N) is 1. The van der Waals surface area contributed by atoms with Crippen molar-refractivity contribution in [1.82, 2.24) is 4.57 Å². The zero-order chi connectivity index (χ0) is 16.9. The summed E-state index contributed by atoms with van der Waals surface area (Å²) in [4.78, 5) is 24.3. The summed E-state index contributed by atoms with van der Waals surface area (Å²) in [7, 11) is -1.90. The fraction of sp³-hybridized carbons (Fsp3) is 0.286. The van der Waals surface area contributed by atoms with Crippen LogP contribution >= 0.6 is 0 Å². The Hall–Kier alpha value is -2.45. The van der Waals surface area contributed by atoms with E-state index < -0.39 is 35.8 Å². The van der Waals surface area contributed by atoms with E-state index >= 15 is 0 Å². The minimum atomic E-state index is -1.90. The number of benzene rings is 1. The third-order valence-electron chi connectivity index (χ3n) is 3.60. The Balaban J connectivity index is 2.36. The highest BCUT2D eigenvalue weighted by Gasteiger charge is 2.29. The standard InChI is InChI=1S/C14H11BF3NO4/c1-6-5-22-13-10(17)9(16)3-7-11(13)19(6)4-8(12(7)20)14(21)23-15(2)18/h3-4,6H,5H2,1-2H3. The number of ether oxygens (including phenoxy) is 1. The predicted octanol–water partition coefficient (Wildman–Crippen LogP) is 2.48. The second kappa shape index (κ2) is 5.33. The molecule has 0 bridgehead atoms. The number of hydrogen-bond donors (Lipinski definition) is 0. The van der Waals surface area contributed by atoms with Crippen molar-refractivity contribution in [2.75, 3.05) is 6.61 Å². The van der Waals surface area contributed by atoms with E-state index in [4.69, 9.17) is 4.74 Å². The highest BCUT2D eigenvalue weighted by Crippen LogP contribution is 2.35. The van der Waals surface area contributed by atoms with Crippen LogP contribution in [0, 0.1) is 11.6 Å². The van der Waals surface area contributed by atoms with Gasteiger partial charge in [-0.05, 0) is 19.8 Å². The molecule has 9 heteroatoms. The molecule has 3 rings (SSSR count). The van der Waals surface area contributed by atoms with Crippen molar-refractivity contribution in [3.63, 3.8) is 0 Å². The molecule has 0 N–H and O–H groups in total. The summed E-state index contributed by atoms with van der Waals surface area (Å²) < 4.78 is 51.4. The Bertz CT molecular complexity index is 881. The summed E-state index contributed by atoms with van der Waals surface area (Å²) in [6.45, 7) is 2.73. The van der Waals surface area contributed by atoms with Crippen LogP contribution in [0.5, 0.6) is 5.75 Å². The molecule has 23 heavy (non-hydrogen) atoms. The van der Waals surface area contributed by atoms with E-state index in [1.54, 1.807) is 6.92 Å². The van der Waals surface area contributed by atoms with E-state index in [1.165, 1.54) is 4.57 Å². The number of hydrogen-bond acceptors (Lipinski definition) is 4. The number of pyridine rings is 1. The van der Waals surface area contributed by atoms with Crippen LogP contribution in [-0.2, 0) is 4.65 Å². The Labute approximate surface area is 128 Å². The van der Waals surface area contributed by atoms with Gasteiger partial charge in [-0.1, -0.05) is 0 Å². The van der Waals surface area contributed by atoms with Gasteiger partial charge in [-0.25, -0.2) is 9.18 Å². The molecule has 0 saturated heterocycles. The van der Waals surface area contributed by atoms with Crippen molar-refractivity contribution in [3.05, 3.63) is 39.7 Å². The van der Waals surface area contributed by atoms with Gasteiger partial charge in [-0.15, -0.1) is 0 Å². The van der Waals surface area contributed by atoms with Gasteiger partial charge in [0.25, 0.3) is 0 Å². The molecule has 0 saturated carbocycles. The average molecular weight is 325 g/mol. The van der Waals surface area contributed by atoms with E-state index in [-0.39, 0.29) is 29.3 Å². The molecule has 1 aliphatic rings. The molecule has 1 aromatic heterocycles. The molecule has 2 heterocycles. The zero-order valence-electron chi connectivity index (χ0n) is 12.2. The van der Waals surface area contributed by atoms with E-state index in [9.17, 15) is 22.7 Å². The molecule has 0 aliphatic carbocycles. The van der Waals surface area contributed by atoms with Crippen molar-refractivity contribution in [2.24, 2.45) is 0 Å². The molecule has 0 amide bonds. The van der Waals surface area contributed by atoms with Crippen molar-refractivity contribution in [1.29, 1.82) is 0 Å². The first kappa shape index (κ1) is 15.5. The first-order valence-electron chi connectivity index (χ1n) is 6.86. The molecular weight excluding hydrogens is 314 g/mol. The number of rotatable bonds is 2. The molecular formula is C14H11BF3NO4. The van der Waals surface area contributed by atoms with Crippen molar-refractivity contribution >= 4 is 24.1 Å². The van der Waals surface area contributed by atoms with Crippen LogP contribution in [0.1, 0.15) is 23.3 Å². The van der Waals surface area contributed by atoms with E-state index in [1.807, 2.05) is 0 Å². The topological polar surface area (TPSA) is 57.5 Å². The Morgan fingerprint density at radius 1 is 1.48 bits per heavy atom. The maximum Gasteiger partial charge on any atom is 0.563 e. The van der Waals surface area contributed by atoms with Crippen LogP contribution in [0.2, 0.25) is 6.82 Å². The Kier molecular flexibility index (Phi) is 3.58. The largest absolute Gasteiger partial charge is 0.563 e. The summed E-state index contributed by atoms with van der Waals surface area (Å²) in [6, 6.07) is 0.356. The zero-order valence-corrected chi connectivity index (χ0v) is 12.2. The third kappa shape index (κ3) is 2.36. The third-order valence-corrected chi connectivity index (χ3v) is 3.60. The molecule has 0 spiro atoms. The average Bonchev–Trinajstić information content (AvgIpc) is 2.47. The van der Waals surface area contributed by atoms with Gasteiger partial charge in [0.15, 0.2) is 11.6 Å². The predicted molar refractivity (Wildman–Crippen MR) is 76.5 cm³/mol. The molecule has 2 aromatic rings. The summed E-state index contributed by atoms with van der Waals surface area (Å²) in [5.41, 5.74) is -1.27. The monoisotopic (exact) mass is 325 g/mol. The normalized spacial score (nSPS) is 16.1. The van der Waals surface area contributed by atoms with Crippen molar-refractivity contribution in [2.45, 2.75) is 19.8 Å². The maximum atomic E-state index is 13.9. The van der Waals surface area contributed by atoms with Gasteiger partial charge in [0.05, 0.1) is 16.9 Å². The summed E-state index contributed by atoms with van der Waals surface area (Å²) in [6.07, 6.45) is 1.16.